The van der Waals surface area contributed by atoms with Gasteiger partial charge in [-0.3, -0.25) is 9.47 Å². The van der Waals surface area contributed by atoms with E-state index in [-0.39, 0.29) is 6.03 Å². The molecule has 9 heteroatoms. The lowest BCUT2D eigenvalue weighted by Gasteiger charge is -2.35. The number of aryl methyl sites for hydroxylation is 1. The second-order valence-electron chi connectivity index (χ2n) is 8.24. The molecule has 1 N–H and O–H groups in total. The number of nitrogens with one attached hydrogen (secondary N) is 1. The Labute approximate surface area is 193 Å². The van der Waals surface area contributed by atoms with E-state index in [0.717, 1.165) is 22.7 Å². The number of esters is 1. The van der Waals surface area contributed by atoms with Crippen molar-refractivity contribution in [1.82, 2.24) is 29.7 Å². The Morgan fingerprint density at radius 3 is 2.67 bits per heavy atom. The van der Waals surface area contributed by atoms with E-state index in [9.17, 15) is 9.59 Å². The summed E-state index contributed by atoms with van der Waals surface area (Å²) in [5, 5.41) is 2.72. The number of nitrogens with zero attached hydrogens (tertiary/aromatic N) is 5. The zero-order valence-electron chi connectivity index (χ0n) is 19.3. The predicted molar refractivity (Wildman–Crippen MR) is 125 cm³/mol. The van der Waals surface area contributed by atoms with Gasteiger partial charge >= 0.3 is 12.0 Å². The van der Waals surface area contributed by atoms with Gasteiger partial charge in [0.25, 0.3) is 0 Å². The van der Waals surface area contributed by atoms with Crippen LogP contribution in [-0.4, -0.2) is 75.2 Å². The summed E-state index contributed by atoms with van der Waals surface area (Å²) >= 11 is 0. The average Bonchev–Trinajstić information content (AvgIpc) is 3.17. The Morgan fingerprint density at radius 2 is 1.94 bits per heavy atom. The highest BCUT2D eigenvalue weighted by atomic mass is 16.5. The Hall–Kier alpha value is -3.46. The van der Waals surface area contributed by atoms with E-state index in [1.165, 1.54) is 5.56 Å². The number of pyridine rings is 1. The molecule has 0 spiro atoms. The van der Waals surface area contributed by atoms with Crippen molar-refractivity contribution in [1.29, 1.82) is 0 Å². The van der Waals surface area contributed by atoms with Gasteiger partial charge in [-0.15, -0.1) is 0 Å². The number of carbonyl (C=O) groups is 2. The molecule has 3 aromatic rings. The number of amides is 2. The van der Waals surface area contributed by atoms with E-state index < -0.39 is 12.0 Å². The monoisotopic (exact) mass is 450 g/mol. The van der Waals surface area contributed by atoms with Gasteiger partial charge in [-0.25, -0.2) is 19.6 Å². The highest BCUT2D eigenvalue weighted by Crippen LogP contribution is 2.22. The van der Waals surface area contributed by atoms with Crippen molar-refractivity contribution < 1.29 is 14.3 Å². The van der Waals surface area contributed by atoms with Crippen molar-refractivity contribution in [2.75, 3.05) is 32.8 Å². The zero-order chi connectivity index (χ0) is 23.4. The Kier molecular flexibility index (Phi) is 6.88. The molecule has 1 aliphatic rings. The molecule has 1 aromatic carbocycles. The van der Waals surface area contributed by atoms with E-state index in [0.29, 0.717) is 39.3 Å². The zero-order valence-corrected chi connectivity index (χ0v) is 19.3. The molecule has 0 unspecified atom stereocenters. The van der Waals surface area contributed by atoms with Crippen molar-refractivity contribution in [2.24, 2.45) is 0 Å². The van der Waals surface area contributed by atoms with Crippen LogP contribution in [-0.2, 0) is 16.1 Å². The number of piperazine rings is 1. The van der Waals surface area contributed by atoms with E-state index in [1.54, 1.807) is 24.9 Å². The molecule has 1 atom stereocenters. The van der Waals surface area contributed by atoms with Gasteiger partial charge < -0.3 is 15.0 Å². The topological polar surface area (TPSA) is 92.6 Å². The van der Waals surface area contributed by atoms with Crippen molar-refractivity contribution in [2.45, 2.75) is 33.4 Å². The number of aromatic nitrogens is 3. The third kappa shape index (κ3) is 5.14. The molecule has 3 heterocycles. The number of hydrogen-bond acceptors (Lipinski definition) is 6. The minimum absolute atomic E-state index is 0.244. The molecule has 33 heavy (non-hydrogen) atoms. The van der Waals surface area contributed by atoms with Gasteiger partial charge in [-0.05, 0) is 50.6 Å². The quantitative estimate of drug-likeness (QED) is 0.580. The molecule has 1 aliphatic heterocycles. The van der Waals surface area contributed by atoms with Crippen LogP contribution in [0, 0.1) is 6.92 Å². The molecule has 0 radical (unpaired) electrons. The smallest absolute Gasteiger partial charge is 0.328 e. The molecule has 2 amide bonds. The third-order valence-corrected chi connectivity index (χ3v) is 5.75. The molecule has 0 saturated carbocycles. The molecule has 0 aliphatic carbocycles. The maximum Gasteiger partial charge on any atom is 0.328 e. The van der Waals surface area contributed by atoms with Gasteiger partial charge in [-0.1, -0.05) is 12.1 Å². The molecule has 4 rings (SSSR count). The fraction of sp³-hybridized carbons (Fsp3) is 0.417. The molecule has 0 bridgehead atoms. The maximum atomic E-state index is 12.5. The molecular weight excluding hydrogens is 420 g/mol. The summed E-state index contributed by atoms with van der Waals surface area (Å²) in [6.07, 6.45) is 1.79. The molecular formula is C24H30N6O3. The lowest BCUT2D eigenvalue weighted by atomic mass is 10.2. The average molecular weight is 451 g/mol. The van der Waals surface area contributed by atoms with E-state index in [4.69, 9.17) is 9.72 Å². The number of benzene rings is 1. The maximum absolute atomic E-state index is 12.5. The molecule has 1 fully saturated rings. The standard InChI is InChI=1S/C24H30N6O3/c1-4-33-23(31)18(3)26-24(32)29-13-11-28(12-14-29)16-21-27-20-9-6-10-25-22(20)30(21)19-8-5-7-17(2)15-19/h5-10,15,18H,4,11-14,16H2,1-3H3,(H,26,32)/t18-/m0/s1. The van der Waals surface area contributed by atoms with Crippen LogP contribution in [0.3, 0.4) is 0 Å². The van der Waals surface area contributed by atoms with Gasteiger partial charge in [0, 0.05) is 38.1 Å². The fourth-order valence-electron chi connectivity index (χ4n) is 4.02. The van der Waals surface area contributed by atoms with Crippen LogP contribution < -0.4 is 5.32 Å². The molecule has 9 nitrogen and oxygen atoms in total. The number of urea groups is 1. The van der Waals surface area contributed by atoms with Gasteiger partial charge in [0.15, 0.2) is 5.65 Å². The lowest BCUT2D eigenvalue weighted by molar-refractivity contribution is -0.144. The van der Waals surface area contributed by atoms with Gasteiger partial charge in [0.2, 0.25) is 0 Å². The van der Waals surface area contributed by atoms with E-state index in [2.05, 4.69) is 44.9 Å². The minimum atomic E-state index is -0.669. The number of ether oxygens (including phenoxy) is 1. The van der Waals surface area contributed by atoms with Gasteiger partial charge in [-0.2, -0.15) is 0 Å². The number of rotatable bonds is 6. The Balaban J connectivity index is 1.44. The highest BCUT2D eigenvalue weighted by molar-refractivity contribution is 5.83. The molecule has 1 saturated heterocycles. The predicted octanol–water partition coefficient (Wildman–Crippen LogP) is 2.51. The Morgan fingerprint density at radius 1 is 1.15 bits per heavy atom. The first kappa shape index (κ1) is 22.7. The van der Waals surface area contributed by atoms with Crippen molar-refractivity contribution in [3.8, 4) is 5.69 Å². The summed E-state index contributed by atoms with van der Waals surface area (Å²) in [6.45, 7) is 8.97. The highest BCUT2D eigenvalue weighted by Gasteiger charge is 2.25. The SMILES string of the molecule is CCOC(=O)[C@H](C)NC(=O)N1CCN(Cc2nc3cccnc3n2-c2cccc(C)c2)CC1. The first-order valence-electron chi connectivity index (χ1n) is 11.3. The lowest BCUT2D eigenvalue weighted by Crippen LogP contribution is -2.54. The van der Waals surface area contributed by atoms with Crippen LogP contribution in [0.25, 0.3) is 16.9 Å². The Bertz CT molecular complexity index is 1140. The number of carbonyl (C=O) groups excluding carboxylic acids is 2. The largest absolute Gasteiger partial charge is 0.464 e. The third-order valence-electron chi connectivity index (χ3n) is 5.75. The van der Waals surface area contributed by atoms with Crippen LogP contribution in [0.4, 0.5) is 4.79 Å². The van der Waals surface area contributed by atoms with Gasteiger partial charge in [0.05, 0.1) is 13.2 Å². The summed E-state index contributed by atoms with van der Waals surface area (Å²) in [6, 6.07) is 11.3. The van der Waals surface area contributed by atoms with E-state index in [1.807, 2.05) is 18.2 Å². The number of fused-ring (bicyclic) bond motifs is 1. The van der Waals surface area contributed by atoms with Crippen LogP contribution in [0.5, 0.6) is 0 Å². The van der Waals surface area contributed by atoms with Crippen LogP contribution >= 0.6 is 0 Å². The summed E-state index contributed by atoms with van der Waals surface area (Å²) < 4.78 is 7.07. The molecule has 174 valence electrons. The second-order valence-corrected chi connectivity index (χ2v) is 8.24. The summed E-state index contributed by atoms with van der Waals surface area (Å²) in [5.74, 6) is 0.497. The van der Waals surface area contributed by atoms with Crippen LogP contribution in [0.15, 0.2) is 42.6 Å². The number of hydrogen-bond donors (Lipinski definition) is 1. The van der Waals surface area contributed by atoms with Crippen molar-refractivity contribution in [3.63, 3.8) is 0 Å². The minimum Gasteiger partial charge on any atom is -0.464 e. The van der Waals surface area contributed by atoms with Crippen molar-refractivity contribution in [3.05, 3.63) is 54.0 Å². The first-order valence-corrected chi connectivity index (χ1v) is 11.3. The fourth-order valence-corrected chi connectivity index (χ4v) is 4.02. The summed E-state index contributed by atoms with van der Waals surface area (Å²) in [4.78, 5) is 37.8. The van der Waals surface area contributed by atoms with Crippen molar-refractivity contribution >= 4 is 23.2 Å². The van der Waals surface area contributed by atoms with Crippen LogP contribution in [0.1, 0.15) is 25.2 Å². The van der Waals surface area contributed by atoms with E-state index >= 15 is 0 Å². The molecule has 2 aromatic heterocycles. The number of imidazole rings is 1. The summed E-state index contributed by atoms with van der Waals surface area (Å²) in [5.41, 5.74) is 3.91. The van der Waals surface area contributed by atoms with Gasteiger partial charge in [0.1, 0.15) is 17.4 Å². The first-order chi connectivity index (χ1) is 16.0. The van der Waals surface area contributed by atoms with Crippen LogP contribution in [0.2, 0.25) is 0 Å². The second kappa shape index (κ2) is 9.99. The summed E-state index contributed by atoms with van der Waals surface area (Å²) in [7, 11) is 0. The normalized spacial score (nSPS) is 15.4.